The molecular formula is C16H29N3O2. The molecule has 0 bridgehead atoms. The lowest BCUT2D eigenvalue weighted by Gasteiger charge is -2.33. The van der Waals surface area contributed by atoms with Crippen LogP contribution >= 0.6 is 0 Å². The van der Waals surface area contributed by atoms with Crippen LogP contribution < -0.4 is 5.32 Å². The van der Waals surface area contributed by atoms with E-state index in [1.165, 1.54) is 7.11 Å². The largest absolute Gasteiger partial charge is 0.468 e. The van der Waals surface area contributed by atoms with Gasteiger partial charge in [-0.05, 0) is 34.1 Å². The first-order valence-corrected chi connectivity index (χ1v) is 7.60. The zero-order valence-electron chi connectivity index (χ0n) is 14.3. The van der Waals surface area contributed by atoms with Crippen molar-refractivity contribution in [2.24, 2.45) is 0 Å². The normalized spacial score (nSPS) is 16.0. The van der Waals surface area contributed by atoms with Crippen molar-refractivity contribution in [2.45, 2.75) is 71.5 Å². The van der Waals surface area contributed by atoms with Crippen molar-refractivity contribution in [1.29, 1.82) is 0 Å². The highest BCUT2D eigenvalue weighted by Gasteiger charge is 2.37. The van der Waals surface area contributed by atoms with Crippen LogP contribution in [0.4, 0.5) is 0 Å². The Morgan fingerprint density at radius 1 is 1.38 bits per heavy atom. The number of hydrogen-bond donors (Lipinski definition) is 1. The van der Waals surface area contributed by atoms with Gasteiger partial charge in [0.2, 0.25) is 0 Å². The molecule has 120 valence electrons. The fourth-order valence-electron chi connectivity index (χ4n) is 2.90. The summed E-state index contributed by atoms with van der Waals surface area (Å²) in [4.78, 5) is 16.6. The predicted molar refractivity (Wildman–Crippen MR) is 84.3 cm³/mol. The van der Waals surface area contributed by atoms with Crippen molar-refractivity contribution in [2.75, 3.05) is 7.11 Å². The first-order valence-electron chi connectivity index (χ1n) is 7.60. The molecule has 5 nitrogen and oxygen atoms in total. The van der Waals surface area contributed by atoms with E-state index in [1.54, 1.807) is 0 Å². The van der Waals surface area contributed by atoms with Gasteiger partial charge >= 0.3 is 5.97 Å². The molecule has 0 aliphatic carbocycles. The lowest BCUT2D eigenvalue weighted by atomic mass is 9.92. The van der Waals surface area contributed by atoms with Crippen molar-refractivity contribution in [1.82, 2.24) is 14.9 Å². The van der Waals surface area contributed by atoms with E-state index in [-0.39, 0.29) is 18.1 Å². The number of carbonyl (C=O) groups is 1. The van der Waals surface area contributed by atoms with Gasteiger partial charge in [0.1, 0.15) is 11.4 Å². The fourth-order valence-corrected chi connectivity index (χ4v) is 2.90. The number of ether oxygens (including phenoxy) is 1. The van der Waals surface area contributed by atoms with Gasteiger partial charge in [0.25, 0.3) is 0 Å². The van der Waals surface area contributed by atoms with Crippen molar-refractivity contribution < 1.29 is 9.53 Å². The fraction of sp³-hybridized carbons (Fsp3) is 0.750. The van der Waals surface area contributed by atoms with Crippen LogP contribution in [-0.4, -0.2) is 34.2 Å². The molecule has 1 aromatic heterocycles. The van der Waals surface area contributed by atoms with Gasteiger partial charge in [-0.2, -0.15) is 0 Å². The van der Waals surface area contributed by atoms with Crippen molar-refractivity contribution in [3.05, 3.63) is 18.2 Å². The third-order valence-electron chi connectivity index (χ3n) is 3.64. The number of hydrogen-bond acceptors (Lipinski definition) is 4. The van der Waals surface area contributed by atoms with Crippen LogP contribution in [0.2, 0.25) is 0 Å². The van der Waals surface area contributed by atoms with Crippen LogP contribution in [0.5, 0.6) is 0 Å². The second-order valence-corrected chi connectivity index (χ2v) is 6.52. The van der Waals surface area contributed by atoms with E-state index >= 15 is 0 Å². The Kier molecular flexibility index (Phi) is 5.96. The van der Waals surface area contributed by atoms with Crippen molar-refractivity contribution >= 4 is 5.97 Å². The number of nitrogens with zero attached hydrogens (tertiary/aromatic N) is 2. The molecule has 1 rings (SSSR count). The topological polar surface area (TPSA) is 56.2 Å². The second kappa shape index (κ2) is 7.07. The summed E-state index contributed by atoms with van der Waals surface area (Å²) in [5.41, 5.74) is -0.707. The van der Waals surface area contributed by atoms with Gasteiger partial charge in [0, 0.05) is 30.4 Å². The molecule has 0 saturated carbocycles. The number of carbonyl (C=O) groups excluding carboxylic acids is 1. The highest BCUT2D eigenvalue weighted by Crippen LogP contribution is 2.26. The number of methoxy groups -OCH3 is 1. The summed E-state index contributed by atoms with van der Waals surface area (Å²) in [5.74, 6) is 1.17. The molecule has 0 saturated heterocycles. The molecule has 1 N–H and O–H groups in total. The molecule has 0 fully saturated rings. The summed E-state index contributed by atoms with van der Waals surface area (Å²) >= 11 is 0. The van der Waals surface area contributed by atoms with Gasteiger partial charge < -0.3 is 9.30 Å². The zero-order chi connectivity index (χ0) is 16.2. The van der Waals surface area contributed by atoms with E-state index in [9.17, 15) is 4.79 Å². The Balaban J connectivity index is 2.97. The zero-order valence-corrected chi connectivity index (χ0v) is 14.3. The lowest BCUT2D eigenvalue weighted by molar-refractivity contribution is -0.149. The average molecular weight is 295 g/mol. The molecule has 21 heavy (non-hydrogen) atoms. The first kappa shape index (κ1) is 17.7. The van der Waals surface area contributed by atoms with Gasteiger partial charge in [0.05, 0.1) is 7.11 Å². The lowest BCUT2D eigenvalue weighted by Crippen LogP contribution is -2.54. The molecule has 0 aliphatic rings. The van der Waals surface area contributed by atoms with Gasteiger partial charge in [-0.15, -0.1) is 0 Å². The third kappa shape index (κ3) is 4.30. The van der Waals surface area contributed by atoms with E-state index in [0.29, 0.717) is 12.3 Å². The molecule has 0 amide bonds. The molecule has 2 atom stereocenters. The summed E-state index contributed by atoms with van der Waals surface area (Å²) in [7, 11) is 1.43. The second-order valence-electron chi connectivity index (χ2n) is 6.52. The smallest absolute Gasteiger partial charge is 0.325 e. The number of aromatic nitrogens is 2. The molecule has 0 spiro atoms. The minimum atomic E-state index is -0.707. The van der Waals surface area contributed by atoms with Gasteiger partial charge in [-0.3, -0.25) is 10.1 Å². The SMILES string of the molecule is COC(=O)C(C)(CC(C)n1ccnc1C(C)C)NC(C)C. The van der Waals surface area contributed by atoms with Gasteiger partial charge in [-0.1, -0.05) is 13.8 Å². The number of nitrogens with one attached hydrogen (secondary N) is 1. The molecule has 0 radical (unpaired) electrons. The monoisotopic (exact) mass is 295 g/mol. The van der Waals surface area contributed by atoms with Gasteiger partial charge in [0.15, 0.2) is 0 Å². The molecule has 0 aliphatic heterocycles. The average Bonchev–Trinajstić information content (AvgIpc) is 2.85. The van der Waals surface area contributed by atoms with E-state index in [2.05, 4.69) is 35.6 Å². The molecule has 5 heteroatoms. The minimum absolute atomic E-state index is 0.153. The van der Waals surface area contributed by atoms with Crippen LogP contribution in [0.3, 0.4) is 0 Å². The molecule has 1 heterocycles. The maximum Gasteiger partial charge on any atom is 0.325 e. The first-order chi connectivity index (χ1) is 9.71. The number of imidazole rings is 1. The van der Waals surface area contributed by atoms with Crippen LogP contribution in [0.1, 0.15) is 65.7 Å². The van der Waals surface area contributed by atoms with E-state index in [1.807, 2.05) is 33.2 Å². The predicted octanol–water partition coefficient (Wildman–Crippen LogP) is 2.89. The van der Waals surface area contributed by atoms with Gasteiger partial charge in [-0.25, -0.2) is 4.98 Å². The van der Waals surface area contributed by atoms with E-state index in [4.69, 9.17) is 4.74 Å². The summed E-state index contributed by atoms with van der Waals surface area (Å²) in [6, 6.07) is 0.355. The Hall–Kier alpha value is -1.36. The summed E-state index contributed by atoms with van der Waals surface area (Å²) < 4.78 is 7.13. The maximum absolute atomic E-state index is 12.2. The Labute approximate surface area is 128 Å². The highest BCUT2D eigenvalue weighted by atomic mass is 16.5. The van der Waals surface area contributed by atoms with E-state index < -0.39 is 5.54 Å². The van der Waals surface area contributed by atoms with Crippen molar-refractivity contribution in [3.8, 4) is 0 Å². The molecule has 1 aromatic rings. The molecular weight excluding hydrogens is 266 g/mol. The van der Waals surface area contributed by atoms with Crippen LogP contribution in [0, 0.1) is 0 Å². The maximum atomic E-state index is 12.2. The van der Waals surface area contributed by atoms with E-state index in [0.717, 1.165) is 5.82 Å². The Morgan fingerprint density at radius 3 is 2.48 bits per heavy atom. The molecule has 0 aromatic carbocycles. The molecule has 2 unspecified atom stereocenters. The Bertz CT molecular complexity index is 468. The van der Waals surface area contributed by atoms with Crippen molar-refractivity contribution in [3.63, 3.8) is 0 Å². The van der Waals surface area contributed by atoms with Crippen LogP contribution in [0.15, 0.2) is 12.4 Å². The highest BCUT2D eigenvalue weighted by molar-refractivity contribution is 5.80. The number of rotatable bonds is 7. The van der Waals surface area contributed by atoms with Crippen LogP contribution in [0.25, 0.3) is 0 Å². The standard InChI is InChI=1S/C16H29N3O2/c1-11(2)14-17-8-9-19(14)13(5)10-16(6,15(20)21-7)18-12(3)4/h8-9,11-13,18H,10H2,1-7H3. The number of esters is 1. The minimum Gasteiger partial charge on any atom is -0.468 e. The third-order valence-corrected chi connectivity index (χ3v) is 3.64. The summed E-state index contributed by atoms with van der Waals surface area (Å²) in [5, 5.41) is 3.34. The summed E-state index contributed by atoms with van der Waals surface area (Å²) in [6.45, 7) is 12.3. The summed E-state index contributed by atoms with van der Waals surface area (Å²) in [6.07, 6.45) is 4.44. The quantitative estimate of drug-likeness (QED) is 0.786. The van der Waals surface area contributed by atoms with Crippen LogP contribution in [-0.2, 0) is 9.53 Å². The Morgan fingerprint density at radius 2 is 2.00 bits per heavy atom.